The number of fused-ring (bicyclic) bond motifs is 1. The van der Waals surface area contributed by atoms with Gasteiger partial charge in [-0.3, -0.25) is 0 Å². The van der Waals surface area contributed by atoms with Gasteiger partial charge in [-0.25, -0.2) is 0 Å². The SMILES string of the molecule is CCC(c1cccc(NC)c1O)n1ccc2c(C#N)cccc21. The lowest BCUT2D eigenvalue weighted by molar-refractivity contribution is 0.453. The van der Waals surface area contributed by atoms with Gasteiger partial charge < -0.3 is 15.0 Å². The van der Waals surface area contributed by atoms with E-state index in [0.717, 1.165) is 28.6 Å². The van der Waals surface area contributed by atoms with Crippen LogP contribution in [0.25, 0.3) is 10.9 Å². The first-order chi connectivity index (χ1) is 11.2. The molecule has 0 fully saturated rings. The number of hydrogen-bond donors (Lipinski definition) is 2. The van der Waals surface area contributed by atoms with Crippen molar-refractivity contribution in [3.63, 3.8) is 0 Å². The van der Waals surface area contributed by atoms with Gasteiger partial charge in [0.05, 0.1) is 23.4 Å². The van der Waals surface area contributed by atoms with Gasteiger partial charge in [-0.15, -0.1) is 0 Å². The summed E-state index contributed by atoms with van der Waals surface area (Å²) in [5.41, 5.74) is 3.27. The van der Waals surface area contributed by atoms with Crippen LogP contribution in [0.3, 0.4) is 0 Å². The predicted octanol–water partition coefficient (Wildman–Crippen LogP) is 4.26. The largest absolute Gasteiger partial charge is 0.505 e. The smallest absolute Gasteiger partial charge is 0.143 e. The first kappa shape index (κ1) is 15.0. The molecule has 0 aliphatic carbocycles. The van der Waals surface area contributed by atoms with E-state index < -0.39 is 0 Å². The average molecular weight is 305 g/mol. The van der Waals surface area contributed by atoms with Crippen molar-refractivity contribution in [2.45, 2.75) is 19.4 Å². The highest BCUT2D eigenvalue weighted by Crippen LogP contribution is 2.37. The summed E-state index contributed by atoms with van der Waals surface area (Å²) in [5.74, 6) is 0.278. The van der Waals surface area contributed by atoms with Crippen molar-refractivity contribution in [1.29, 1.82) is 5.26 Å². The van der Waals surface area contributed by atoms with Gasteiger partial charge >= 0.3 is 0 Å². The number of aromatic nitrogens is 1. The van der Waals surface area contributed by atoms with Crippen molar-refractivity contribution >= 4 is 16.6 Å². The molecule has 23 heavy (non-hydrogen) atoms. The second-order valence-electron chi connectivity index (χ2n) is 5.49. The maximum Gasteiger partial charge on any atom is 0.143 e. The van der Waals surface area contributed by atoms with Gasteiger partial charge in [0.1, 0.15) is 5.75 Å². The quantitative estimate of drug-likeness (QED) is 0.708. The van der Waals surface area contributed by atoms with E-state index in [4.69, 9.17) is 0 Å². The van der Waals surface area contributed by atoms with Crippen LogP contribution in [0.15, 0.2) is 48.7 Å². The van der Waals surface area contributed by atoms with Gasteiger partial charge in [-0.05, 0) is 30.7 Å². The number of aromatic hydroxyl groups is 1. The first-order valence-corrected chi connectivity index (χ1v) is 7.70. The topological polar surface area (TPSA) is 61.0 Å². The fourth-order valence-corrected chi connectivity index (χ4v) is 3.16. The number of phenols is 1. The van der Waals surface area contributed by atoms with E-state index >= 15 is 0 Å². The molecule has 1 atom stereocenters. The molecule has 3 rings (SSSR count). The Labute approximate surface area is 135 Å². The molecule has 1 aromatic heterocycles. The highest BCUT2D eigenvalue weighted by Gasteiger charge is 2.19. The van der Waals surface area contributed by atoms with E-state index in [0.29, 0.717) is 5.56 Å². The summed E-state index contributed by atoms with van der Waals surface area (Å²) in [4.78, 5) is 0. The van der Waals surface area contributed by atoms with Crippen LogP contribution in [0, 0.1) is 11.3 Å². The van der Waals surface area contributed by atoms with Crippen molar-refractivity contribution in [3.05, 3.63) is 59.8 Å². The van der Waals surface area contributed by atoms with Gasteiger partial charge in [-0.1, -0.05) is 25.1 Å². The molecule has 0 radical (unpaired) electrons. The molecule has 4 nitrogen and oxygen atoms in total. The predicted molar refractivity (Wildman–Crippen MR) is 92.7 cm³/mol. The summed E-state index contributed by atoms with van der Waals surface area (Å²) < 4.78 is 2.13. The van der Waals surface area contributed by atoms with Gasteiger partial charge in [0.15, 0.2) is 0 Å². The van der Waals surface area contributed by atoms with Gasteiger partial charge in [0.2, 0.25) is 0 Å². The molecule has 3 aromatic rings. The third-order valence-electron chi connectivity index (χ3n) is 4.30. The fraction of sp³-hybridized carbons (Fsp3) is 0.211. The van der Waals surface area contributed by atoms with Gasteiger partial charge in [-0.2, -0.15) is 5.26 Å². The van der Waals surface area contributed by atoms with Crippen LogP contribution in [-0.4, -0.2) is 16.7 Å². The molecule has 2 N–H and O–H groups in total. The summed E-state index contributed by atoms with van der Waals surface area (Å²) in [5, 5.41) is 23.8. The number of nitriles is 1. The van der Waals surface area contributed by atoms with Crippen molar-refractivity contribution in [2.24, 2.45) is 0 Å². The number of phenolic OH excluding ortho intramolecular Hbond substituents is 1. The number of rotatable bonds is 4. The number of para-hydroxylation sites is 1. The molecule has 4 heteroatoms. The molecular weight excluding hydrogens is 286 g/mol. The molecule has 2 aromatic carbocycles. The lowest BCUT2D eigenvalue weighted by Crippen LogP contribution is -2.09. The minimum atomic E-state index is 0.00902. The van der Waals surface area contributed by atoms with Crippen molar-refractivity contribution < 1.29 is 5.11 Å². The third kappa shape index (κ3) is 2.40. The van der Waals surface area contributed by atoms with Crippen molar-refractivity contribution in [3.8, 4) is 11.8 Å². The molecule has 1 heterocycles. The maximum absolute atomic E-state index is 10.5. The Balaban J connectivity index is 2.18. The molecule has 0 bridgehead atoms. The van der Waals surface area contributed by atoms with Crippen LogP contribution < -0.4 is 5.32 Å². The molecule has 0 spiro atoms. The van der Waals surface area contributed by atoms with Crippen LogP contribution >= 0.6 is 0 Å². The minimum absolute atomic E-state index is 0.00902. The normalized spacial score (nSPS) is 12.0. The standard InChI is InChI=1S/C19H19N3O/c1-3-17(15-7-5-8-16(21-2)19(15)23)22-11-10-14-13(12-20)6-4-9-18(14)22/h4-11,17,21,23H,3H2,1-2H3. The Morgan fingerprint density at radius 3 is 2.70 bits per heavy atom. The van der Waals surface area contributed by atoms with Crippen LogP contribution in [0.5, 0.6) is 5.75 Å². The number of benzene rings is 2. The third-order valence-corrected chi connectivity index (χ3v) is 4.30. The zero-order chi connectivity index (χ0) is 16.4. The number of hydrogen-bond acceptors (Lipinski definition) is 3. The fourth-order valence-electron chi connectivity index (χ4n) is 3.16. The van der Waals surface area contributed by atoms with Crippen LogP contribution in [0.1, 0.15) is 30.5 Å². The van der Waals surface area contributed by atoms with Crippen LogP contribution in [-0.2, 0) is 0 Å². The molecule has 0 amide bonds. The monoisotopic (exact) mass is 305 g/mol. The highest BCUT2D eigenvalue weighted by molar-refractivity contribution is 5.86. The van der Waals surface area contributed by atoms with Gasteiger partial charge in [0, 0.05) is 29.7 Å². The van der Waals surface area contributed by atoms with Gasteiger partial charge in [0.25, 0.3) is 0 Å². The zero-order valence-corrected chi connectivity index (χ0v) is 13.2. The van der Waals surface area contributed by atoms with E-state index in [1.54, 1.807) is 7.05 Å². The highest BCUT2D eigenvalue weighted by atomic mass is 16.3. The number of nitrogens with one attached hydrogen (secondary N) is 1. The zero-order valence-electron chi connectivity index (χ0n) is 13.2. The lowest BCUT2D eigenvalue weighted by atomic mass is 10.0. The summed E-state index contributed by atoms with van der Waals surface area (Å²) in [7, 11) is 1.80. The van der Waals surface area contributed by atoms with E-state index in [9.17, 15) is 10.4 Å². The Hall–Kier alpha value is -2.93. The molecule has 116 valence electrons. The summed E-state index contributed by atoms with van der Waals surface area (Å²) in [6.07, 6.45) is 2.83. The first-order valence-electron chi connectivity index (χ1n) is 7.70. The summed E-state index contributed by atoms with van der Waals surface area (Å²) in [6, 6.07) is 15.7. The Morgan fingerprint density at radius 2 is 2.00 bits per heavy atom. The molecule has 1 unspecified atom stereocenters. The van der Waals surface area contributed by atoms with Crippen LogP contribution in [0.2, 0.25) is 0 Å². The van der Waals surface area contributed by atoms with E-state index in [1.807, 2.05) is 48.7 Å². The molecular formula is C19H19N3O. The second kappa shape index (κ2) is 6.05. The van der Waals surface area contributed by atoms with E-state index in [1.165, 1.54) is 0 Å². The summed E-state index contributed by atoms with van der Waals surface area (Å²) >= 11 is 0. The molecule has 0 saturated carbocycles. The molecule has 0 aliphatic heterocycles. The van der Waals surface area contributed by atoms with E-state index in [2.05, 4.69) is 22.9 Å². The van der Waals surface area contributed by atoms with Crippen LogP contribution in [0.4, 0.5) is 5.69 Å². The molecule has 0 saturated heterocycles. The number of nitrogens with zero attached hydrogens (tertiary/aromatic N) is 2. The summed E-state index contributed by atoms with van der Waals surface area (Å²) in [6.45, 7) is 2.09. The van der Waals surface area contributed by atoms with Crippen molar-refractivity contribution in [1.82, 2.24) is 4.57 Å². The minimum Gasteiger partial charge on any atom is -0.505 e. The Morgan fingerprint density at radius 1 is 1.22 bits per heavy atom. The number of anilines is 1. The van der Waals surface area contributed by atoms with E-state index in [-0.39, 0.29) is 11.8 Å². The van der Waals surface area contributed by atoms with Crippen molar-refractivity contribution in [2.75, 3.05) is 12.4 Å². The average Bonchev–Trinajstić information content (AvgIpc) is 3.01. The maximum atomic E-state index is 10.5. The lowest BCUT2D eigenvalue weighted by Gasteiger charge is -2.21. The Kier molecular flexibility index (Phi) is 3.94. The molecule has 0 aliphatic rings. The Bertz CT molecular complexity index is 889. The second-order valence-corrected chi connectivity index (χ2v) is 5.49.